The van der Waals surface area contributed by atoms with Crippen LogP contribution in [-0.4, -0.2) is 29.1 Å². The molecular formula is C13H11FN2O4S. The Labute approximate surface area is 123 Å². The molecule has 2 N–H and O–H groups in total. The molecule has 0 atom stereocenters. The minimum Gasteiger partial charge on any atom is -0.477 e. The molecule has 110 valence electrons. The van der Waals surface area contributed by atoms with Gasteiger partial charge in [-0.15, -0.1) is 0 Å². The van der Waals surface area contributed by atoms with Crippen molar-refractivity contribution in [3.8, 4) is 0 Å². The maximum atomic E-state index is 12.8. The molecule has 0 saturated heterocycles. The highest BCUT2D eigenvalue weighted by molar-refractivity contribution is 7.17. The molecule has 8 heteroatoms. The zero-order valence-electron chi connectivity index (χ0n) is 10.9. The summed E-state index contributed by atoms with van der Waals surface area (Å²) >= 11 is 0.837. The normalized spacial score (nSPS) is 10.4. The molecule has 1 aromatic carbocycles. The first-order chi connectivity index (χ1) is 10.0. The van der Waals surface area contributed by atoms with E-state index in [2.05, 4.69) is 10.3 Å². The van der Waals surface area contributed by atoms with Gasteiger partial charge in [-0.1, -0.05) is 11.3 Å². The van der Waals surface area contributed by atoms with Crippen molar-refractivity contribution in [1.29, 1.82) is 0 Å². The van der Waals surface area contributed by atoms with Crippen LogP contribution in [0.1, 0.15) is 25.7 Å². The number of nitrogens with one attached hydrogen (secondary N) is 1. The Morgan fingerprint density at radius 2 is 2.05 bits per heavy atom. The van der Waals surface area contributed by atoms with E-state index >= 15 is 0 Å². The smallest absolute Gasteiger partial charge is 0.347 e. The van der Waals surface area contributed by atoms with Gasteiger partial charge in [0.15, 0.2) is 5.13 Å². The van der Waals surface area contributed by atoms with Crippen molar-refractivity contribution in [1.82, 2.24) is 4.98 Å². The van der Waals surface area contributed by atoms with Crippen LogP contribution in [0.15, 0.2) is 24.3 Å². The number of nitrogens with zero attached hydrogens (tertiary/aromatic N) is 1. The van der Waals surface area contributed by atoms with Crippen LogP contribution in [0.5, 0.6) is 0 Å². The molecule has 0 bridgehead atoms. The number of hydrogen-bond acceptors (Lipinski definition) is 5. The lowest BCUT2D eigenvalue weighted by Crippen LogP contribution is -2.11. The number of halogens is 1. The summed E-state index contributed by atoms with van der Waals surface area (Å²) in [6.07, 6.45) is 0. The second-order valence-corrected chi connectivity index (χ2v) is 4.99. The van der Waals surface area contributed by atoms with E-state index in [-0.39, 0.29) is 27.9 Å². The molecule has 0 unspecified atom stereocenters. The molecule has 1 amide bonds. The lowest BCUT2D eigenvalue weighted by atomic mass is 10.2. The fraction of sp³-hybridized carbons (Fsp3) is 0.154. The van der Waals surface area contributed by atoms with Gasteiger partial charge in [-0.05, 0) is 24.3 Å². The zero-order chi connectivity index (χ0) is 15.4. The van der Waals surface area contributed by atoms with Gasteiger partial charge in [0.05, 0.1) is 12.3 Å². The van der Waals surface area contributed by atoms with Gasteiger partial charge in [0.25, 0.3) is 5.91 Å². The average Bonchev–Trinajstić information content (AvgIpc) is 2.83. The minimum absolute atomic E-state index is 0.00579. The van der Waals surface area contributed by atoms with E-state index < -0.39 is 17.7 Å². The van der Waals surface area contributed by atoms with Crippen LogP contribution in [-0.2, 0) is 11.3 Å². The number of anilines is 1. The van der Waals surface area contributed by atoms with Crippen LogP contribution < -0.4 is 5.32 Å². The van der Waals surface area contributed by atoms with Crippen molar-refractivity contribution in [2.45, 2.75) is 6.61 Å². The van der Waals surface area contributed by atoms with Crippen LogP contribution in [0, 0.1) is 5.82 Å². The fourth-order valence-corrected chi connectivity index (χ4v) is 2.38. The summed E-state index contributed by atoms with van der Waals surface area (Å²) in [5.41, 5.74) is 0.487. The van der Waals surface area contributed by atoms with E-state index in [9.17, 15) is 14.0 Å². The Morgan fingerprint density at radius 3 is 2.62 bits per heavy atom. The minimum atomic E-state index is -1.14. The molecular weight excluding hydrogens is 299 g/mol. The molecule has 0 saturated carbocycles. The van der Waals surface area contributed by atoms with E-state index in [0.717, 1.165) is 23.5 Å². The lowest BCUT2D eigenvalue weighted by Gasteiger charge is -2.01. The fourth-order valence-electron chi connectivity index (χ4n) is 1.58. The number of thiazole rings is 1. The predicted molar refractivity (Wildman–Crippen MR) is 74.1 cm³/mol. The van der Waals surface area contributed by atoms with Gasteiger partial charge >= 0.3 is 5.97 Å². The Bertz CT molecular complexity index is 669. The molecule has 6 nitrogen and oxygen atoms in total. The second kappa shape index (κ2) is 6.42. The molecule has 0 fully saturated rings. The summed E-state index contributed by atoms with van der Waals surface area (Å²) in [5, 5.41) is 11.7. The molecule has 2 rings (SSSR count). The molecule has 1 heterocycles. The molecule has 0 spiro atoms. The summed E-state index contributed by atoms with van der Waals surface area (Å²) in [6.45, 7) is 0.0323. The zero-order valence-corrected chi connectivity index (χ0v) is 11.7. The van der Waals surface area contributed by atoms with Crippen molar-refractivity contribution in [2.75, 3.05) is 12.4 Å². The SMILES string of the molecule is COCc1nc(NC(=O)c2ccc(F)cc2)sc1C(=O)O. The Hall–Kier alpha value is -2.32. The number of rotatable bonds is 5. The standard InChI is InChI=1S/C13H11FN2O4S/c1-20-6-9-10(12(18)19)21-13(15-9)16-11(17)7-2-4-8(14)5-3-7/h2-5H,6H2,1H3,(H,18,19)(H,15,16,17). The molecule has 2 aromatic rings. The molecule has 1 aromatic heterocycles. The number of ether oxygens (including phenoxy) is 1. The first kappa shape index (κ1) is 15.1. The van der Waals surface area contributed by atoms with Crippen molar-refractivity contribution in [3.05, 3.63) is 46.2 Å². The number of carboxylic acid groups (broad SMARTS) is 1. The van der Waals surface area contributed by atoms with Crippen LogP contribution in [0.2, 0.25) is 0 Å². The van der Waals surface area contributed by atoms with E-state index in [0.29, 0.717) is 0 Å². The number of carbonyl (C=O) groups excluding carboxylic acids is 1. The van der Waals surface area contributed by atoms with Gasteiger partial charge in [0, 0.05) is 12.7 Å². The third kappa shape index (κ3) is 3.61. The number of aromatic nitrogens is 1. The predicted octanol–water partition coefficient (Wildman–Crippen LogP) is 2.38. The summed E-state index contributed by atoms with van der Waals surface area (Å²) in [5.74, 6) is -2.08. The van der Waals surface area contributed by atoms with Gasteiger partial charge in [0.1, 0.15) is 10.7 Å². The maximum absolute atomic E-state index is 12.8. The Kier molecular flexibility index (Phi) is 4.61. The first-order valence-electron chi connectivity index (χ1n) is 5.80. The third-order valence-electron chi connectivity index (χ3n) is 2.50. The average molecular weight is 310 g/mol. The van der Waals surface area contributed by atoms with Crippen molar-refractivity contribution < 1.29 is 23.8 Å². The van der Waals surface area contributed by atoms with E-state index in [1.54, 1.807) is 0 Å². The quantitative estimate of drug-likeness (QED) is 0.885. The first-order valence-corrected chi connectivity index (χ1v) is 6.61. The van der Waals surface area contributed by atoms with E-state index in [1.165, 1.54) is 19.2 Å². The maximum Gasteiger partial charge on any atom is 0.347 e. The van der Waals surface area contributed by atoms with Crippen molar-refractivity contribution >= 4 is 28.3 Å². The second-order valence-electron chi connectivity index (χ2n) is 3.99. The van der Waals surface area contributed by atoms with Crippen LogP contribution in [0.25, 0.3) is 0 Å². The van der Waals surface area contributed by atoms with Gasteiger partial charge in [-0.3, -0.25) is 10.1 Å². The van der Waals surface area contributed by atoms with Crippen LogP contribution >= 0.6 is 11.3 Å². The molecule has 0 radical (unpaired) electrons. The van der Waals surface area contributed by atoms with Crippen LogP contribution in [0.4, 0.5) is 9.52 Å². The van der Waals surface area contributed by atoms with Crippen molar-refractivity contribution in [2.24, 2.45) is 0 Å². The molecule has 0 aliphatic rings. The topological polar surface area (TPSA) is 88.5 Å². The van der Waals surface area contributed by atoms with Crippen molar-refractivity contribution in [3.63, 3.8) is 0 Å². The third-order valence-corrected chi connectivity index (χ3v) is 3.50. The van der Waals surface area contributed by atoms with Gasteiger partial charge in [-0.2, -0.15) is 0 Å². The highest BCUT2D eigenvalue weighted by Gasteiger charge is 2.18. The number of aromatic carboxylic acids is 1. The number of carboxylic acids is 1. The molecule has 0 aliphatic heterocycles. The summed E-state index contributed by atoms with van der Waals surface area (Å²) in [7, 11) is 1.42. The van der Waals surface area contributed by atoms with E-state index in [4.69, 9.17) is 9.84 Å². The molecule has 0 aliphatic carbocycles. The number of methoxy groups -OCH3 is 1. The lowest BCUT2D eigenvalue weighted by molar-refractivity contribution is 0.0696. The molecule has 21 heavy (non-hydrogen) atoms. The number of benzene rings is 1. The van der Waals surface area contributed by atoms with Gasteiger partial charge < -0.3 is 9.84 Å². The highest BCUT2D eigenvalue weighted by atomic mass is 32.1. The van der Waals surface area contributed by atoms with E-state index in [1.807, 2.05) is 0 Å². The van der Waals surface area contributed by atoms with Gasteiger partial charge in [0.2, 0.25) is 0 Å². The van der Waals surface area contributed by atoms with Gasteiger partial charge in [-0.25, -0.2) is 14.2 Å². The number of amides is 1. The Morgan fingerprint density at radius 1 is 1.38 bits per heavy atom. The summed E-state index contributed by atoms with van der Waals surface area (Å²) in [6, 6.07) is 4.98. The summed E-state index contributed by atoms with van der Waals surface area (Å²) < 4.78 is 17.6. The number of hydrogen-bond donors (Lipinski definition) is 2. The summed E-state index contributed by atoms with van der Waals surface area (Å²) in [4.78, 5) is 27.0. The highest BCUT2D eigenvalue weighted by Crippen LogP contribution is 2.24. The van der Waals surface area contributed by atoms with Crippen LogP contribution in [0.3, 0.4) is 0 Å². The monoisotopic (exact) mass is 310 g/mol. The largest absolute Gasteiger partial charge is 0.477 e. The Balaban J connectivity index is 2.19. The number of carbonyl (C=O) groups is 2.